The Morgan fingerprint density at radius 3 is 2.33 bits per heavy atom. The molecule has 3 heteroatoms. The molecular weight excluding hydrogens is 468 g/mol. The van der Waals surface area contributed by atoms with E-state index in [1.807, 2.05) is 44.2 Å². The standard InChI is InChI=1S/C19H18NO.C2H6.Re/c1-2-14-7-3-4-12-18(14)21-13-16-10-5-8-15-9-6-11-17(20)19(15)16;1-2;/h3-11H,2,13,20H2,1H3;1-2H3;/q-1;;. The van der Waals surface area contributed by atoms with Crippen LogP contribution >= 0.6 is 0 Å². The second-order valence-electron chi connectivity index (χ2n) is 5.03. The van der Waals surface area contributed by atoms with Crippen LogP contribution in [-0.2, 0) is 33.5 Å². The van der Waals surface area contributed by atoms with Gasteiger partial charge in [0.25, 0.3) is 0 Å². The van der Waals surface area contributed by atoms with Crippen LogP contribution in [0.1, 0.15) is 31.9 Å². The van der Waals surface area contributed by atoms with Crippen molar-refractivity contribution >= 4 is 16.5 Å². The molecular formula is C21H24NORe-. The second kappa shape index (κ2) is 10.1. The Balaban J connectivity index is 0.000000925. The molecule has 24 heavy (non-hydrogen) atoms. The molecule has 0 aliphatic heterocycles. The first kappa shape index (κ1) is 20.2. The van der Waals surface area contributed by atoms with E-state index in [1.54, 1.807) is 0 Å². The van der Waals surface area contributed by atoms with Gasteiger partial charge in [-0.3, -0.25) is 0 Å². The van der Waals surface area contributed by atoms with Crippen LogP contribution in [0.4, 0.5) is 5.69 Å². The average molecular weight is 493 g/mol. The van der Waals surface area contributed by atoms with Gasteiger partial charge in [0.15, 0.2) is 0 Å². The molecule has 0 aliphatic carbocycles. The molecule has 0 fully saturated rings. The van der Waals surface area contributed by atoms with Crippen LogP contribution in [0.15, 0.2) is 54.6 Å². The molecule has 0 saturated carbocycles. The summed E-state index contributed by atoms with van der Waals surface area (Å²) in [6.07, 6.45) is 0.935. The van der Waals surface area contributed by atoms with Crippen LogP contribution in [0.25, 0.3) is 10.8 Å². The van der Waals surface area contributed by atoms with E-state index in [1.165, 1.54) is 5.56 Å². The van der Waals surface area contributed by atoms with Crippen molar-refractivity contribution in [3.05, 3.63) is 71.8 Å². The van der Waals surface area contributed by atoms with Crippen molar-refractivity contribution in [2.45, 2.75) is 33.8 Å². The van der Waals surface area contributed by atoms with E-state index in [2.05, 4.69) is 37.3 Å². The maximum atomic E-state index is 6.12. The maximum Gasteiger partial charge on any atom is 0.111 e. The fourth-order valence-corrected chi connectivity index (χ4v) is 2.59. The third kappa shape index (κ3) is 4.60. The zero-order valence-electron chi connectivity index (χ0n) is 14.5. The van der Waals surface area contributed by atoms with E-state index in [0.717, 1.165) is 34.2 Å². The molecule has 3 aromatic rings. The molecule has 2 N–H and O–H groups in total. The largest absolute Gasteiger partial charge is 0.514 e. The van der Waals surface area contributed by atoms with Gasteiger partial charge >= 0.3 is 0 Å². The smallest absolute Gasteiger partial charge is 0.111 e. The number of para-hydroxylation sites is 1. The van der Waals surface area contributed by atoms with Crippen molar-refractivity contribution in [1.82, 2.24) is 0 Å². The number of hydrogen-bond donors (Lipinski definition) is 1. The summed E-state index contributed by atoms with van der Waals surface area (Å²) in [4.78, 5) is 0. The van der Waals surface area contributed by atoms with Crippen LogP contribution in [0, 0.1) is 6.07 Å². The minimum absolute atomic E-state index is 0. The Kier molecular flexibility index (Phi) is 8.54. The van der Waals surface area contributed by atoms with Gasteiger partial charge < -0.3 is 10.5 Å². The van der Waals surface area contributed by atoms with E-state index in [-0.39, 0.29) is 20.4 Å². The van der Waals surface area contributed by atoms with Gasteiger partial charge in [0.05, 0.1) is 0 Å². The van der Waals surface area contributed by atoms with E-state index in [4.69, 9.17) is 10.5 Å². The third-order valence-electron chi connectivity index (χ3n) is 3.68. The second-order valence-corrected chi connectivity index (χ2v) is 5.03. The van der Waals surface area contributed by atoms with Gasteiger partial charge in [-0.25, -0.2) is 0 Å². The first-order chi connectivity index (χ1) is 11.3. The van der Waals surface area contributed by atoms with Crippen molar-refractivity contribution in [2.24, 2.45) is 0 Å². The maximum absolute atomic E-state index is 6.12. The molecule has 0 spiro atoms. The minimum Gasteiger partial charge on any atom is -0.514 e. The number of rotatable bonds is 4. The number of aryl methyl sites for hydroxylation is 1. The number of anilines is 1. The number of ether oxygens (including phenoxy) is 1. The van der Waals surface area contributed by atoms with E-state index in [9.17, 15) is 0 Å². The summed E-state index contributed by atoms with van der Waals surface area (Å²) in [6.45, 7) is 6.62. The molecule has 127 valence electrons. The molecule has 0 heterocycles. The first-order valence-electron chi connectivity index (χ1n) is 8.18. The summed E-state index contributed by atoms with van der Waals surface area (Å²) >= 11 is 0. The molecule has 1 radical (unpaired) electrons. The van der Waals surface area contributed by atoms with E-state index < -0.39 is 0 Å². The molecule has 0 unspecified atom stereocenters. The number of nitrogens with two attached hydrogens (primary N) is 1. The number of hydrogen-bond acceptors (Lipinski definition) is 2. The fraction of sp³-hybridized carbons (Fsp3) is 0.238. The quantitative estimate of drug-likeness (QED) is 0.392. The zero-order valence-corrected chi connectivity index (χ0v) is 17.2. The van der Waals surface area contributed by atoms with Crippen molar-refractivity contribution in [1.29, 1.82) is 0 Å². The normalized spacial score (nSPS) is 9.62. The molecule has 0 atom stereocenters. The van der Waals surface area contributed by atoms with Crippen LogP contribution < -0.4 is 10.5 Å². The van der Waals surface area contributed by atoms with Gasteiger partial charge in [-0.2, -0.15) is 18.2 Å². The molecule has 0 saturated heterocycles. The van der Waals surface area contributed by atoms with Gasteiger partial charge in [0.1, 0.15) is 6.61 Å². The topological polar surface area (TPSA) is 35.2 Å². The van der Waals surface area contributed by atoms with Gasteiger partial charge in [0, 0.05) is 37.2 Å². The van der Waals surface area contributed by atoms with Gasteiger partial charge in [0.2, 0.25) is 0 Å². The Labute approximate surface area is 158 Å². The van der Waals surface area contributed by atoms with Gasteiger partial charge in [-0.15, -0.1) is 11.6 Å². The van der Waals surface area contributed by atoms with Gasteiger partial charge in [-0.1, -0.05) is 57.5 Å². The predicted molar refractivity (Wildman–Crippen MR) is 98.7 cm³/mol. The third-order valence-corrected chi connectivity index (χ3v) is 3.68. The number of benzene rings is 3. The molecule has 2 nitrogen and oxygen atoms in total. The summed E-state index contributed by atoms with van der Waals surface area (Å²) in [7, 11) is 0. The van der Waals surface area contributed by atoms with Crippen LogP contribution in [0.2, 0.25) is 0 Å². The molecule has 3 rings (SSSR count). The Hall–Kier alpha value is -1.82. The SMILES string of the molecule is CC.CCc1ccc[c-]c1OCc1cccc2cccc(N)c12.[Re]. The summed E-state index contributed by atoms with van der Waals surface area (Å²) in [6, 6.07) is 21.3. The summed E-state index contributed by atoms with van der Waals surface area (Å²) in [5, 5.41) is 2.22. The predicted octanol–water partition coefficient (Wildman–Crippen LogP) is 5.39. The molecule has 0 aromatic heterocycles. The molecule has 3 aromatic carbocycles. The first-order valence-corrected chi connectivity index (χ1v) is 8.18. The molecule has 0 amide bonds. The monoisotopic (exact) mass is 493 g/mol. The van der Waals surface area contributed by atoms with Crippen LogP contribution in [0.5, 0.6) is 5.75 Å². The number of fused-ring (bicyclic) bond motifs is 1. The fourth-order valence-electron chi connectivity index (χ4n) is 2.59. The van der Waals surface area contributed by atoms with Crippen LogP contribution in [0.3, 0.4) is 0 Å². The Morgan fingerprint density at radius 2 is 1.62 bits per heavy atom. The summed E-state index contributed by atoms with van der Waals surface area (Å²) in [5.74, 6) is 0.825. The molecule has 0 aliphatic rings. The number of nitrogen functional groups attached to an aromatic ring is 1. The van der Waals surface area contributed by atoms with E-state index in [0.29, 0.717) is 6.61 Å². The Morgan fingerprint density at radius 1 is 0.958 bits per heavy atom. The van der Waals surface area contributed by atoms with Crippen molar-refractivity contribution in [2.75, 3.05) is 5.73 Å². The molecule has 0 bridgehead atoms. The minimum atomic E-state index is 0. The van der Waals surface area contributed by atoms with Crippen molar-refractivity contribution in [3.8, 4) is 5.75 Å². The Bertz CT molecular complexity index is 765. The van der Waals surface area contributed by atoms with E-state index >= 15 is 0 Å². The van der Waals surface area contributed by atoms with Gasteiger partial charge in [-0.05, 0) is 17.0 Å². The van der Waals surface area contributed by atoms with Crippen molar-refractivity contribution < 1.29 is 25.2 Å². The summed E-state index contributed by atoms with van der Waals surface area (Å²) in [5.41, 5.74) is 9.18. The zero-order chi connectivity index (χ0) is 16.7. The van der Waals surface area contributed by atoms with Crippen molar-refractivity contribution in [3.63, 3.8) is 0 Å². The summed E-state index contributed by atoms with van der Waals surface area (Å²) < 4.78 is 5.97. The van der Waals surface area contributed by atoms with Crippen LogP contribution in [-0.4, -0.2) is 0 Å². The average Bonchev–Trinajstić information content (AvgIpc) is 2.62.